The molecule has 0 aromatic heterocycles. The lowest BCUT2D eigenvalue weighted by Crippen LogP contribution is -2.41. The lowest BCUT2D eigenvalue weighted by atomic mass is 9.78. The first-order valence-electron chi connectivity index (χ1n) is 8.01. The van der Waals surface area contributed by atoms with Crippen molar-refractivity contribution in [1.29, 1.82) is 0 Å². The lowest BCUT2D eigenvalue weighted by Gasteiger charge is -2.32. The molecule has 0 amide bonds. The molecule has 0 radical (unpaired) electrons. The standard InChI is InChI=1S/C17H25BO4/c1-16(2)17(3,4)22-18(21-16)14-7-5-6-13(10-14)11-20-15-8-9-19-12-15/h5-7,10,15H,8-9,11-12H2,1-4H3. The van der Waals surface area contributed by atoms with Gasteiger partial charge in [-0.2, -0.15) is 0 Å². The van der Waals surface area contributed by atoms with Crippen LogP contribution in [0.1, 0.15) is 39.7 Å². The van der Waals surface area contributed by atoms with E-state index in [1.54, 1.807) is 0 Å². The molecule has 2 aliphatic rings. The highest BCUT2D eigenvalue weighted by Crippen LogP contribution is 2.36. The Bertz CT molecular complexity index is 507. The number of ether oxygens (including phenoxy) is 2. The highest BCUT2D eigenvalue weighted by molar-refractivity contribution is 6.62. The van der Waals surface area contributed by atoms with Crippen LogP contribution in [0.4, 0.5) is 0 Å². The van der Waals surface area contributed by atoms with Crippen LogP contribution in [-0.2, 0) is 25.4 Å². The van der Waals surface area contributed by atoms with Gasteiger partial charge in [0.15, 0.2) is 0 Å². The van der Waals surface area contributed by atoms with Crippen LogP contribution in [0.3, 0.4) is 0 Å². The van der Waals surface area contributed by atoms with Gasteiger partial charge in [-0.15, -0.1) is 0 Å². The first-order valence-corrected chi connectivity index (χ1v) is 8.01. The van der Waals surface area contributed by atoms with Crippen molar-refractivity contribution in [1.82, 2.24) is 0 Å². The summed E-state index contributed by atoms with van der Waals surface area (Å²) in [5.74, 6) is 0. The molecule has 2 aliphatic heterocycles. The van der Waals surface area contributed by atoms with Crippen LogP contribution in [0.5, 0.6) is 0 Å². The normalized spacial score (nSPS) is 26.5. The van der Waals surface area contributed by atoms with E-state index in [1.165, 1.54) is 0 Å². The van der Waals surface area contributed by atoms with Crippen LogP contribution >= 0.6 is 0 Å². The third kappa shape index (κ3) is 3.23. The minimum absolute atomic E-state index is 0.223. The van der Waals surface area contributed by atoms with Gasteiger partial charge in [0.05, 0.1) is 30.5 Å². The summed E-state index contributed by atoms with van der Waals surface area (Å²) in [6, 6.07) is 8.26. The molecule has 0 aliphatic carbocycles. The van der Waals surface area contributed by atoms with E-state index in [4.69, 9.17) is 18.8 Å². The topological polar surface area (TPSA) is 36.9 Å². The molecular formula is C17H25BO4. The van der Waals surface area contributed by atoms with E-state index in [0.29, 0.717) is 13.2 Å². The summed E-state index contributed by atoms with van der Waals surface area (Å²) in [6.45, 7) is 10.4. The van der Waals surface area contributed by atoms with E-state index >= 15 is 0 Å². The maximum absolute atomic E-state index is 6.10. The Kier molecular flexibility index (Phi) is 4.34. The molecule has 22 heavy (non-hydrogen) atoms. The van der Waals surface area contributed by atoms with E-state index in [-0.39, 0.29) is 24.4 Å². The van der Waals surface area contributed by atoms with Crippen LogP contribution in [-0.4, -0.2) is 37.6 Å². The SMILES string of the molecule is CC1(C)OB(c2cccc(COC3CCOC3)c2)OC1(C)C. The zero-order valence-electron chi connectivity index (χ0n) is 13.9. The van der Waals surface area contributed by atoms with Crippen molar-refractivity contribution in [2.24, 2.45) is 0 Å². The van der Waals surface area contributed by atoms with Gasteiger partial charge in [0.2, 0.25) is 0 Å². The predicted molar refractivity (Wildman–Crippen MR) is 86.2 cm³/mol. The second kappa shape index (κ2) is 5.97. The Morgan fingerprint density at radius 3 is 2.55 bits per heavy atom. The van der Waals surface area contributed by atoms with Gasteiger partial charge in [0.25, 0.3) is 0 Å². The monoisotopic (exact) mass is 304 g/mol. The van der Waals surface area contributed by atoms with Crippen molar-refractivity contribution in [2.45, 2.75) is 58.0 Å². The Morgan fingerprint density at radius 1 is 1.18 bits per heavy atom. The minimum Gasteiger partial charge on any atom is -0.399 e. The quantitative estimate of drug-likeness (QED) is 0.800. The van der Waals surface area contributed by atoms with Crippen molar-refractivity contribution >= 4 is 12.6 Å². The zero-order chi connectivity index (χ0) is 15.8. The second-order valence-electron chi connectivity index (χ2n) is 7.13. The average molecular weight is 304 g/mol. The molecule has 2 saturated heterocycles. The molecule has 0 saturated carbocycles. The fraction of sp³-hybridized carbons (Fsp3) is 0.647. The molecule has 3 rings (SSSR count). The fourth-order valence-electron chi connectivity index (χ4n) is 2.67. The molecule has 0 bridgehead atoms. The molecule has 2 fully saturated rings. The molecule has 120 valence electrons. The van der Waals surface area contributed by atoms with E-state index in [2.05, 4.69) is 39.8 Å². The van der Waals surface area contributed by atoms with Gasteiger partial charge >= 0.3 is 7.12 Å². The maximum atomic E-state index is 6.10. The summed E-state index contributed by atoms with van der Waals surface area (Å²) in [5, 5.41) is 0. The van der Waals surface area contributed by atoms with E-state index in [0.717, 1.165) is 24.1 Å². The average Bonchev–Trinajstić information content (AvgIpc) is 3.04. The lowest BCUT2D eigenvalue weighted by molar-refractivity contribution is 0.00578. The third-order valence-electron chi connectivity index (χ3n) is 4.85. The number of rotatable bonds is 4. The van der Waals surface area contributed by atoms with Gasteiger partial charge in [-0.25, -0.2) is 0 Å². The minimum atomic E-state index is -0.320. The molecule has 1 aromatic rings. The molecule has 0 spiro atoms. The molecule has 1 atom stereocenters. The predicted octanol–water partition coefficient (Wildman–Crippen LogP) is 2.29. The van der Waals surface area contributed by atoms with Crippen molar-refractivity contribution in [3.05, 3.63) is 29.8 Å². The Balaban J connectivity index is 1.66. The summed E-state index contributed by atoms with van der Waals surface area (Å²) < 4.78 is 23.4. The van der Waals surface area contributed by atoms with Crippen LogP contribution in [0, 0.1) is 0 Å². The first-order chi connectivity index (χ1) is 10.4. The summed E-state index contributed by atoms with van der Waals surface area (Å²) in [4.78, 5) is 0. The number of hydrogen-bond acceptors (Lipinski definition) is 4. The molecular weight excluding hydrogens is 279 g/mol. The fourth-order valence-corrected chi connectivity index (χ4v) is 2.67. The van der Waals surface area contributed by atoms with Gasteiger partial charge in [-0.3, -0.25) is 0 Å². The van der Waals surface area contributed by atoms with Crippen molar-refractivity contribution < 1.29 is 18.8 Å². The Hall–Kier alpha value is -0.875. The van der Waals surface area contributed by atoms with Gasteiger partial charge in [0.1, 0.15) is 0 Å². The number of hydrogen-bond donors (Lipinski definition) is 0. The molecule has 2 heterocycles. The largest absolute Gasteiger partial charge is 0.494 e. The van der Waals surface area contributed by atoms with Crippen molar-refractivity contribution in [3.63, 3.8) is 0 Å². The van der Waals surface area contributed by atoms with E-state index in [9.17, 15) is 0 Å². The van der Waals surface area contributed by atoms with Crippen LogP contribution in [0.2, 0.25) is 0 Å². The molecule has 0 N–H and O–H groups in total. The van der Waals surface area contributed by atoms with Gasteiger partial charge in [-0.1, -0.05) is 24.3 Å². The van der Waals surface area contributed by atoms with Gasteiger partial charge < -0.3 is 18.8 Å². The van der Waals surface area contributed by atoms with Crippen molar-refractivity contribution in [3.8, 4) is 0 Å². The van der Waals surface area contributed by atoms with E-state index in [1.807, 2.05) is 12.1 Å². The maximum Gasteiger partial charge on any atom is 0.494 e. The third-order valence-corrected chi connectivity index (χ3v) is 4.85. The smallest absolute Gasteiger partial charge is 0.399 e. The number of benzene rings is 1. The zero-order valence-corrected chi connectivity index (χ0v) is 13.9. The molecule has 1 unspecified atom stereocenters. The van der Waals surface area contributed by atoms with Crippen LogP contribution < -0.4 is 5.46 Å². The second-order valence-corrected chi connectivity index (χ2v) is 7.13. The highest BCUT2D eigenvalue weighted by Gasteiger charge is 2.51. The summed E-state index contributed by atoms with van der Waals surface area (Å²) in [6.07, 6.45) is 1.21. The Labute approximate surface area is 133 Å². The summed E-state index contributed by atoms with van der Waals surface area (Å²) in [7, 11) is -0.320. The van der Waals surface area contributed by atoms with Crippen molar-refractivity contribution in [2.75, 3.05) is 13.2 Å². The summed E-state index contributed by atoms with van der Waals surface area (Å²) >= 11 is 0. The molecule has 1 aromatic carbocycles. The molecule has 4 nitrogen and oxygen atoms in total. The Morgan fingerprint density at radius 2 is 1.91 bits per heavy atom. The molecule has 5 heteroatoms. The summed E-state index contributed by atoms with van der Waals surface area (Å²) in [5.41, 5.74) is 1.55. The van der Waals surface area contributed by atoms with Gasteiger partial charge in [0, 0.05) is 6.61 Å². The van der Waals surface area contributed by atoms with E-state index < -0.39 is 0 Å². The van der Waals surface area contributed by atoms with Gasteiger partial charge in [-0.05, 0) is 45.1 Å². The highest BCUT2D eigenvalue weighted by atomic mass is 16.7. The first kappa shape index (κ1) is 16.0. The van der Waals surface area contributed by atoms with Crippen LogP contribution in [0.25, 0.3) is 0 Å². The van der Waals surface area contributed by atoms with Crippen LogP contribution in [0.15, 0.2) is 24.3 Å².